The van der Waals surface area contributed by atoms with E-state index in [1.54, 1.807) is 7.05 Å². The molecule has 0 saturated carbocycles. The zero-order valence-corrected chi connectivity index (χ0v) is 6.52. The molecule has 2 amide bonds. The van der Waals surface area contributed by atoms with E-state index in [0.717, 1.165) is 0 Å². The largest absolute Gasteiger partial charge is 0.359 e. The SMILES string of the molecule is [B]CC(=O)NCCC(=O)NC. The molecule has 0 aromatic heterocycles. The summed E-state index contributed by atoms with van der Waals surface area (Å²) in [6.07, 6.45) is 0.260. The summed E-state index contributed by atoms with van der Waals surface area (Å²) in [7, 11) is 6.56. The first-order chi connectivity index (χ1) is 5.20. The molecular weight excluding hydrogens is 143 g/mol. The number of carbonyl (C=O) groups excluding carboxylic acids is 2. The van der Waals surface area contributed by atoms with Crippen molar-refractivity contribution in [3.63, 3.8) is 0 Å². The van der Waals surface area contributed by atoms with Crippen LogP contribution in [-0.2, 0) is 9.59 Å². The van der Waals surface area contributed by atoms with Crippen LogP contribution in [0.1, 0.15) is 6.42 Å². The molecule has 0 aliphatic heterocycles. The van der Waals surface area contributed by atoms with Crippen LogP contribution < -0.4 is 10.6 Å². The Hall–Kier alpha value is -0.995. The van der Waals surface area contributed by atoms with Gasteiger partial charge in [-0.1, -0.05) is 0 Å². The molecule has 0 aliphatic rings. The summed E-state index contributed by atoms with van der Waals surface area (Å²) in [5.74, 6) is -0.337. The Labute approximate surface area is 67.1 Å². The fourth-order valence-corrected chi connectivity index (χ4v) is 0.513. The predicted molar refractivity (Wildman–Crippen MR) is 42.3 cm³/mol. The maximum absolute atomic E-state index is 10.6. The fourth-order valence-electron chi connectivity index (χ4n) is 0.513. The van der Waals surface area contributed by atoms with Gasteiger partial charge in [-0.3, -0.25) is 9.59 Å². The molecule has 2 radical (unpaired) electrons. The van der Waals surface area contributed by atoms with Gasteiger partial charge in [0, 0.05) is 20.0 Å². The molecule has 0 heterocycles. The molecule has 2 N–H and O–H groups in total. The van der Waals surface area contributed by atoms with Crippen LogP contribution in [0.2, 0.25) is 6.32 Å². The number of hydrogen-bond donors (Lipinski definition) is 2. The smallest absolute Gasteiger partial charge is 0.221 e. The van der Waals surface area contributed by atoms with Gasteiger partial charge in [-0.25, -0.2) is 0 Å². The Kier molecular flexibility index (Phi) is 5.24. The van der Waals surface area contributed by atoms with Crippen LogP contribution in [-0.4, -0.2) is 33.3 Å². The van der Waals surface area contributed by atoms with Gasteiger partial charge < -0.3 is 10.6 Å². The third-order valence-corrected chi connectivity index (χ3v) is 1.14. The number of nitrogens with one attached hydrogen (secondary N) is 2. The summed E-state index contributed by atoms with van der Waals surface area (Å²) < 4.78 is 0. The zero-order valence-electron chi connectivity index (χ0n) is 6.52. The molecule has 0 rings (SSSR count). The van der Waals surface area contributed by atoms with E-state index in [9.17, 15) is 9.59 Å². The number of amides is 2. The van der Waals surface area contributed by atoms with E-state index in [0.29, 0.717) is 13.0 Å². The number of hydrogen-bond acceptors (Lipinski definition) is 2. The van der Waals surface area contributed by atoms with E-state index in [1.165, 1.54) is 0 Å². The van der Waals surface area contributed by atoms with Crippen molar-refractivity contribution >= 4 is 19.7 Å². The Morgan fingerprint density at radius 3 is 2.45 bits per heavy atom. The summed E-state index contributed by atoms with van der Waals surface area (Å²) >= 11 is 0. The summed E-state index contributed by atoms with van der Waals surface area (Å²) in [6.45, 7) is 0.343. The highest BCUT2D eigenvalue weighted by Crippen LogP contribution is 1.77. The Morgan fingerprint density at radius 1 is 1.36 bits per heavy atom. The summed E-state index contributed by atoms with van der Waals surface area (Å²) in [4.78, 5) is 21.1. The molecule has 0 fully saturated rings. The summed E-state index contributed by atoms with van der Waals surface area (Å²) in [6, 6.07) is 0. The summed E-state index contributed by atoms with van der Waals surface area (Å²) in [5.41, 5.74) is 0. The highest BCUT2D eigenvalue weighted by atomic mass is 16.2. The van der Waals surface area contributed by atoms with Crippen molar-refractivity contribution in [2.45, 2.75) is 12.7 Å². The fraction of sp³-hybridized carbons (Fsp3) is 0.667. The van der Waals surface area contributed by atoms with Gasteiger partial charge >= 0.3 is 0 Å². The van der Waals surface area contributed by atoms with Crippen LogP contribution in [0, 0.1) is 0 Å². The molecule has 0 saturated heterocycles. The van der Waals surface area contributed by atoms with Gasteiger partial charge in [-0.15, -0.1) is 0 Å². The number of carbonyl (C=O) groups is 2. The third kappa shape index (κ3) is 5.45. The normalized spacial score (nSPS) is 8.82. The van der Waals surface area contributed by atoms with E-state index in [2.05, 4.69) is 10.6 Å². The van der Waals surface area contributed by atoms with Crippen molar-refractivity contribution in [2.75, 3.05) is 13.6 Å². The van der Waals surface area contributed by atoms with E-state index in [4.69, 9.17) is 7.85 Å². The lowest BCUT2D eigenvalue weighted by Crippen LogP contribution is -2.28. The van der Waals surface area contributed by atoms with E-state index < -0.39 is 0 Å². The molecule has 0 spiro atoms. The monoisotopic (exact) mass is 154 g/mol. The molecule has 0 unspecified atom stereocenters. The van der Waals surface area contributed by atoms with Crippen molar-refractivity contribution in [3.8, 4) is 0 Å². The summed E-state index contributed by atoms with van der Waals surface area (Å²) in [5, 5.41) is 4.91. The minimum absolute atomic E-state index is 0.0340. The molecule has 0 bridgehead atoms. The lowest BCUT2D eigenvalue weighted by molar-refractivity contribution is -0.121. The van der Waals surface area contributed by atoms with Crippen LogP contribution in [0.15, 0.2) is 0 Å². The van der Waals surface area contributed by atoms with Gasteiger partial charge in [0.2, 0.25) is 11.8 Å². The van der Waals surface area contributed by atoms with Gasteiger partial charge in [-0.05, 0) is 6.32 Å². The number of rotatable bonds is 4. The lowest BCUT2D eigenvalue weighted by atomic mass is 10.1. The van der Waals surface area contributed by atoms with Crippen molar-refractivity contribution in [1.29, 1.82) is 0 Å². The third-order valence-electron chi connectivity index (χ3n) is 1.14. The Balaban J connectivity index is 3.27. The molecule has 4 nitrogen and oxygen atoms in total. The highest BCUT2D eigenvalue weighted by molar-refractivity contribution is 6.19. The van der Waals surface area contributed by atoms with E-state index >= 15 is 0 Å². The minimum Gasteiger partial charge on any atom is -0.359 e. The second-order valence-electron chi connectivity index (χ2n) is 1.98. The van der Waals surface area contributed by atoms with Gasteiger partial charge in [0.05, 0.1) is 7.85 Å². The standard InChI is InChI=1S/C6H11BN2O2/c1-8-5(10)2-3-9-6(11)4-7/h2-4H2,1H3,(H,8,10)(H,9,11). The average molecular weight is 154 g/mol. The average Bonchev–Trinajstić information content (AvgIpc) is 2.04. The zero-order chi connectivity index (χ0) is 8.69. The topological polar surface area (TPSA) is 58.2 Å². The molecule has 60 valence electrons. The van der Waals surface area contributed by atoms with Crippen LogP contribution in [0.25, 0.3) is 0 Å². The Morgan fingerprint density at radius 2 is 2.00 bits per heavy atom. The second kappa shape index (κ2) is 5.76. The lowest BCUT2D eigenvalue weighted by Gasteiger charge is -2.01. The quantitative estimate of drug-likeness (QED) is 0.501. The maximum atomic E-state index is 10.6. The van der Waals surface area contributed by atoms with Gasteiger partial charge in [0.25, 0.3) is 0 Å². The Bertz CT molecular complexity index is 134. The van der Waals surface area contributed by atoms with Gasteiger partial charge in [0.1, 0.15) is 0 Å². The first-order valence-electron chi connectivity index (χ1n) is 3.38. The van der Waals surface area contributed by atoms with Crippen molar-refractivity contribution in [3.05, 3.63) is 0 Å². The molecular formula is C6H11BN2O2. The van der Waals surface area contributed by atoms with Crippen molar-refractivity contribution < 1.29 is 9.59 Å². The molecule has 11 heavy (non-hydrogen) atoms. The van der Waals surface area contributed by atoms with Crippen LogP contribution in [0.5, 0.6) is 0 Å². The first kappa shape index (κ1) is 10.0. The molecule has 5 heteroatoms. The predicted octanol–water partition coefficient (Wildman–Crippen LogP) is -1.17. The maximum Gasteiger partial charge on any atom is 0.221 e. The van der Waals surface area contributed by atoms with E-state index in [-0.39, 0.29) is 18.1 Å². The van der Waals surface area contributed by atoms with Gasteiger partial charge in [0.15, 0.2) is 0 Å². The minimum atomic E-state index is -0.242. The van der Waals surface area contributed by atoms with Gasteiger partial charge in [-0.2, -0.15) is 0 Å². The van der Waals surface area contributed by atoms with E-state index in [1.807, 2.05) is 0 Å². The van der Waals surface area contributed by atoms with Crippen LogP contribution in [0.4, 0.5) is 0 Å². The molecule has 0 aromatic rings. The van der Waals surface area contributed by atoms with Crippen LogP contribution in [0.3, 0.4) is 0 Å². The second-order valence-corrected chi connectivity index (χ2v) is 1.98. The highest BCUT2D eigenvalue weighted by Gasteiger charge is 1.98. The van der Waals surface area contributed by atoms with Crippen LogP contribution >= 0.6 is 0 Å². The molecule has 0 aliphatic carbocycles. The molecule has 0 aromatic carbocycles. The first-order valence-corrected chi connectivity index (χ1v) is 3.38. The van der Waals surface area contributed by atoms with Crippen molar-refractivity contribution in [2.24, 2.45) is 0 Å². The van der Waals surface area contributed by atoms with Crippen molar-refractivity contribution in [1.82, 2.24) is 10.6 Å². The molecule has 0 atom stereocenters.